The summed E-state index contributed by atoms with van der Waals surface area (Å²) in [5.74, 6) is 0. The van der Waals surface area contributed by atoms with Gasteiger partial charge in [-0.25, -0.2) is 0 Å². The summed E-state index contributed by atoms with van der Waals surface area (Å²) in [5.41, 5.74) is -0.310. The van der Waals surface area contributed by atoms with Gasteiger partial charge in [0, 0.05) is 25.2 Å². The van der Waals surface area contributed by atoms with Crippen LogP contribution < -0.4 is 0 Å². The van der Waals surface area contributed by atoms with E-state index in [0.29, 0.717) is 18.8 Å². The van der Waals surface area contributed by atoms with Gasteiger partial charge in [0.25, 0.3) is 0 Å². The van der Waals surface area contributed by atoms with Crippen molar-refractivity contribution in [3.63, 3.8) is 0 Å². The van der Waals surface area contributed by atoms with E-state index in [0.717, 1.165) is 25.9 Å². The molecule has 0 aliphatic carbocycles. The Kier molecular flexibility index (Phi) is 3.78. The summed E-state index contributed by atoms with van der Waals surface area (Å²) < 4.78 is 5.94. The zero-order valence-electron chi connectivity index (χ0n) is 11.5. The molecule has 2 saturated heterocycles. The van der Waals surface area contributed by atoms with Crippen LogP contribution >= 0.6 is 0 Å². The third-order valence-corrected chi connectivity index (χ3v) is 4.32. The first-order valence-electron chi connectivity index (χ1n) is 6.78. The quantitative estimate of drug-likeness (QED) is 0.790. The van der Waals surface area contributed by atoms with Gasteiger partial charge >= 0.3 is 0 Å². The van der Waals surface area contributed by atoms with Crippen LogP contribution in [0, 0.1) is 0 Å². The number of nitrogens with zero attached hydrogens (tertiary/aromatic N) is 2. The summed E-state index contributed by atoms with van der Waals surface area (Å²) in [5, 5.41) is 10.4. The molecular weight excluding hydrogens is 216 g/mol. The fourth-order valence-electron chi connectivity index (χ4n) is 2.90. The van der Waals surface area contributed by atoms with Gasteiger partial charge in [-0.1, -0.05) is 0 Å². The summed E-state index contributed by atoms with van der Waals surface area (Å²) >= 11 is 0. The molecule has 1 N–H and O–H groups in total. The van der Waals surface area contributed by atoms with Gasteiger partial charge in [0.1, 0.15) is 18.6 Å². The van der Waals surface area contributed by atoms with Crippen LogP contribution in [0.5, 0.6) is 0 Å². The molecule has 1 spiro atoms. The largest absolute Gasteiger partial charge is 0.375 e. The van der Waals surface area contributed by atoms with Crippen molar-refractivity contribution >= 4 is 0 Å². The Labute approximate surface area is 105 Å². The van der Waals surface area contributed by atoms with Gasteiger partial charge in [0.2, 0.25) is 0 Å². The highest BCUT2D eigenvalue weighted by Crippen LogP contribution is 2.37. The summed E-state index contributed by atoms with van der Waals surface area (Å²) in [6.45, 7) is 11.3. The van der Waals surface area contributed by atoms with E-state index < -0.39 is 6.23 Å². The van der Waals surface area contributed by atoms with E-state index in [1.807, 2.05) is 4.90 Å². The Morgan fingerprint density at radius 2 is 1.71 bits per heavy atom. The van der Waals surface area contributed by atoms with Gasteiger partial charge in [-0.3, -0.25) is 4.90 Å². The number of hydrogen-bond acceptors (Lipinski definition) is 4. The first-order chi connectivity index (χ1) is 7.96. The van der Waals surface area contributed by atoms with Crippen molar-refractivity contribution in [1.82, 2.24) is 9.80 Å². The first-order valence-corrected chi connectivity index (χ1v) is 6.78. The lowest BCUT2D eigenvalue weighted by molar-refractivity contribution is -0.107. The Balaban J connectivity index is 1.99. The molecule has 17 heavy (non-hydrogen) atoms. The van der Waals surface area contributed by atoms with Crippen molar-refractivity contribution in [2.75, 3.05) is 19.8 Å². The Bertz CT molecular complexity index is 260. The van der Waals surface area contributed by atoms with Gasteiger partial charge in [-0.2, -0.15) is 0 Å². The van der Waals surface area contributed by atoms with Gasteiger partial charge in [-0.05, 0) is 40.5 Å². The highest BCUT2D eigenvalue weighted by atomic mass is 16.6. The van der Waals surface area contributed by atoms with Crippen LogP contribution in [0.2, 0.25) is 0 Å². The number of aliphatic hydroxyl groups is 1. The molecule has 2 rings (SSSR count). The minimum atomic E-state index is -0.434. The highest BCUT2D eigenvalue weighted by molar-refractivity contribution is 4.97. The molecule has 0 bridgehead atoms. The molecule has 0 aromatic heterocycles. The van der Waals surface area contributed by atoms with Crippen LogP contribution in [0.15, 0.2) is 0 Å². The van der Waals surface area contributed by atoms with E-state index in [1.54, 1.807) is 0 Å². The second-order valence-corrected chi connectivity index (χ2v) is 5.95. The molecule has 0 radical (unpaired) electrons. The Morgan fingerprint density at radius 3 is 2.12 bits per heavy atom. The molecule has 0 aromatic rings. The molecule has 4 heteroatoms. The standard InChI is InChI=1S/C13H26N2O2/c1-10(2)14-7-5-13(6-8-14)12(16)15(9-17-13)11(3)4/h10-12,16H,5-9H2,1-4H3. The Hall–Kier alpha value is -0.160. The molecule has 2 aliphatic rings. The predicted octanol–water partition coefficient (Wildman–Crippen LogP) is 1.25. The Morgan fingerprint density at radius 1 is 1.12 bits per heavy atom. The lowest BCUT2D eigenvalue weighted by Crippen LogP contribution is -2.54. The maximum Gasteiger partial charge on any atom is 0.138 e. The molecule has 4 nitrogen and oxygen atoms in total. The number of rotatable bonds is 2. The zero-order valence-corrected chi connectivity index (χ0v) is 11.5. The minimum absolute atomic E-state index is 0.310. The van der Waals surface area contributed by atoms with Crippen molar-refractivity contribution < 1.29 is 9.84 Å². The average molecular weight is 242 g/mol. The topological polar surface area (TPSA) is 35.9 Å². The number of aliphatic hydroxyl groups excluding tert-OH is 1. The van der Waals surface area contributed by atoms with Crippen LogP contribution in [0.3, 0.4) is 0 Å². The second kappa shape index (κ2) is 4.84. The fourth-order valence-corrected chi connectivity index (χ4v) is 2.90. The molecule has 0 amide bonds. The van der Waals surface area contributed by atoms with Gasteiger partial charge in [0.05, 0.1) is 0 Å². The third-order valence-electron chi connectivity index (χ3n) is 4.32. The van der Waals surface area contributed by atoms with Gasteiger partial charge in [0.15, 0.2) is 0 Å². The van der Waals surface area contributed by atoms with Crippen molar-refractivity contribution in [2.45, 2.75) is 64.4 Å². The van der Waals surface area contributed by atoms with Crippen LogP contribution in [-0.2, 0) is 4.74 Å². The van der Waals surface area contributed by atoms with E-state index in [4.69, 9.17) is 4.74 Å². The first kappa shape index (κ1) is 13.3. The number of ether oxygens (including phenoxy) is 1. The van der Waals surface area contributed by atoms with E-state index in [1.165, 1.54) is 0 Å². The van der Waals surface area contributed by atoms with Crippen LogP contribution in [0.25, 0.3) is 0 Å². The summed E-state index contributed by atoms with van der Waals surface area (Å²) in [6, 6.07) is 0.930. The summed E-state index contributed by atoms with van der Waals surface area (Å²) in [4.78, 5) is 4.50. The molecule has 2 fully saturated rings. The SMILES string of the molecule is CC(C)N1CCC2(CC1)OCN(C(C)C)C2O. The maximum atomic E-state index is 10.4. The van der Waals surface area contributed by atoms with Crippen molar-refractivity contribution in [3.8, 4) is 0 Å². The molecule has 0 aromatic carbocycles. The average Bonchev–Trinajstić information content (AvgIpc) is 2.58. The number of hydrogen-bond donors (Lipinski definition) is 1. The molecule has 1 atom stereocenters. The van der Waals surface area contributed by atoms with Crippen LogP contribution in [0.1, 0.15) is 40.5 Å². The van der Waals surface area contributed by atoms with Crippen molar-refractivity contribution in [1.29, 1.82) is 0 Å². The molecule has 0 saturated carbocycles. The van der Waals surface area contributed by atoms with Crippen molar-refractivity contribution in [2.24, 2.45) is 0 Å². The van der Waals surface area contributed by atoms with Gasteiger partial charge < -0.3 is 14.7 Å². The smallest absolute Gasteiger partial charge is 0.138 e. The lowest BCUT2D eigenvalue weighted by Gasteiger charge is -2.42. The number of piperidine rings is 1. The van der Waals surface area contributed by atoms with E-state index >= 15 is 0 Å². The highest BCUT2D eigenvalue weighted by Gasteiger charge is 2.50. The van der Waals surface area contributed by atoms with Crippen LogP contribution in [0.4, 0.5) is 0 Å². The minimum Gasteiger partial charge on any atom is -0.375 e. The maximum absolute atomic E-state index is 10.4. The summed E-state index contributed by atoms with van der Waals surface area (Å²) in [6.07, 6.45) is 1.45. The molecule has 1 unspecified atom stereocenters. The van der Waals surface area contributed by atoms with E-state index in [-0.39, 0.29) is 5.60 Å². The van der Waals surface area contributed by atoms with E-state index in [2.05, 4.69) is 32.6 Å². The monoisotopic (exact) mass is 242 g/mol. The normalized spacial score (nSPS) is 30.9. The lowest BCUT2D eigenvalue weighted by atomic mass is 9.88. The molecule has 2 heterocycles. The van der Waals surface area contributed by atoms with Crippen LogP contribution in [-0.4, -0.2) is 58.6 Å². The summed E-state index contributed by atoms with van der Waals surface area (Å²) in [7, 11) is 0. The van der Waals surface area contributed by atoms with Gasteiger partial charge in [-0.15, -0.1) is 0 Å². The molecular formula is C13H26N2O2. The second-order valence-electron chi connectivity index (χ2n) is 5.95. The van der Waals surface area contributed by atoms with Crippen molar-refractivity contribution in [3.05, 3.63) is 0 Å². The number of likely N-dealkylation sites (tertiary alicyclic amines) is 1. The molecule has 2 aliphatic heterocycles. The zero-order chi connectivity index (χ0) is 12.6. The fraction of sp³-hybridized carbons (Fsp3) is 1.00. The molecule has 100 valence electrons. The third kappa shape index (κ3) is 2.36. The predicted molar refractivity (Wildman–Crippen MR) is 67.6 cm³/mol. The van der Waals surface area contributed by atoms with E-state index in [9.17, 15) is 5.11 Å².